The van der Waals surface area contributed by atoms with Crippen LogP contribution in [0, 0.1) is 0 Å². The van der Waals surface area contributed by atoms with E-state index in [0.717, 1.165) is 19.3 Å². The highest BCUT2D eigenvalue weighted by molar-refractivity contribution is 7.85. The Morgan fingerprint density at radius 3 is 2.49 bits per heavy atom. The summed E-state index contributed by atoms with van der Waals surface area (Å²) in [6.07, 6.45) is 5.51. The molecule has 2 aromatic heterocycles. The number of rotatable bonds is 13. The summed E-state index contributed by atoms with van der Waals surface area (Å²) in [7, 11) is -4.38. The summed E-state index contributed by atoms with van der Waals surface area (Å²) in [5.41, 5.74) is 4.68. The number of carbonyl (C=O) groups is 1. The van der Waals surface area contributed by atoms with Crippen molar-refractivity contribution in [2.24, 2.45) is 0 Å². The summed E-state index contributed by atoms with van der Waals surface area (Å²) in [6.45, 7) is 2.48. The van der Waals surface area contributed by atoms with Gasteiger partial charge in [0.2, 0.25) is 5.09 Å². The second-order valence-corrected chi connectivity index (χ2v) is 9.52. The van der Waals surface area contributed by atoms with Crippen molar-refractivity contribution >= 4 is 21.7 Å². The number of hydrogen-bond donors (Lipinski definition) is 3. The van der Waals surface area contributed by atoms with Gasteiger partial charge in [0, 0.05) is 18.5 Å². The first-order chi connectivity index (χ1) is 16.8. The molecule has 1 atom stereocenters. The van der Waals surface area contributed by atoms with Gasteiger partial charge in [0.1, 0.15) is 5.76 Å². The van der Waals surface area contributed by atoms with Crippen LogP contribution in [0.15, 0.2) is 70.3 Å². The van der Waals surface area contributed by atoms with Crippen molar-refractivity contribution < 1.29 is 27.3 Å². The Morgan fingerprint density at radius 2 is 1.86 bits per heavy atom. The smallest absolute Gasteiger partial charge is 0.328 e. The Bertz CT molecular complexity index is 1180. The molecule has 1 aromatic carbocycles. The fourth-order valence-electron chi connectivity index (χ4n) is 3.54. The Morgan fingerprint density at radius 1 is 1.09 bits per heavy atom. The highest BCUT2D eigenvalue weighted by atomic mass is 32.2. The fourth-order valence-corrected chi connectivity index (χ4v) is 3.99. The molecule has 0 aliphatic carbocycles. The van der Waals surface area contributed by atoms with Gasteiger partial charge in [-0.1, -0.05) is 44.4 Å². The number of aromatic nitrogens is 1. The molecule has 3 aromatic rings. The van der Waals surface area contributed by atoms with Crippen LogP contribution >= 0.6 is 0 Å². The Labute approximate surface area is 205 Å². The lowest BCUT2D eigenvalue weighted by Crippen LogP contribution is -2.43. The van der Waals surface area contributed by atoms with E-state index in [9.17, 15) is 18.3 Å². The predicted molar refractivity (Wildman–Crippen MR) is 131 cm³/mol. The third-order valence-corrected chi connectivity index (χ3v) is 6.16. The van der Waals surface area contributed by atoms with Crippen LogP contribution in [0.2, 0.25) is 0 Å². The molecule has 0 spiro atoms. The first-order valence-electron chi connectivity index (χ1n) is 11.6. The SMILES string of the molecule is CCCCCC(O)c1ccc(N(NCCCc2ccc(S(=O)(=O)O)o2)C(=O)c2ccccc2)cn1. The van der Waals surface area contributed by atoms with E-state index in [1.165, 1.54) is 17.1 Å². The summed E-state index contributed by atoms with van der Waals surface area (Å²) in [5.74, 6) is 0.138. The summed E-state index contributed by atoms with van der Waals surface area (Å²) >= 11 is 0. The lowest BCUT2D eigenvalue weighted by molar-refractivity contribution is 0.0974. The highest BCUT2D eigenvalue weighted by Crippen LogP contribution is 2.21. The third-order valence-electron chi connectivity index (χ3n) is 5.44. The Kier molecular flexibility index (Phi) is 9.55. The highest BCUT2D eigenvalue weighted by Gasteiger charge is 2.19. The number of nitrogens with zero attached hydrogens (tertiary/aromatic N) is 2. The van der Waals surface area contributed by atoms with E-state index in [1.54, 1.807) is 42.6 Å². The number of amides is 1. The molecule has 0 aliphatic heterocycles. The maximum Gasteiger partial charge on any atom is 0.328 e. The van der Waals surface area contributed by atoms with Crippen molar-refractivity contribution in [3.63, 3.8) is 0 Å². The number of aryl methyl sites for hydroxylation is 1. The number of hydrazine groups is 1. The Balaban J connectivity index is 1.67. The molecule has 1 amide bonds. The monoisotopic (exact) mass is 501 g/mol. The number of furan rings is 1. The zero-order valence-electron chi connectivity index (χ0n) is 19.6. The fraction of sp³-hybridized carbons (Fsp3) is 0.360. The number of pyridine rings is 1. The average molecular weight is 502 g/mol. The molecule has 2 heterocycles. The number of unbranched alkanes of at least 4 members (excludes halogenated alkanes) is 2. The molecule has 188 valence electrons. The molecule has 3 N–H and O–H groups in total. The lowest BCUT2D eigenvalue weighted by Gasteiger charge is -2.24. The largest absolute Gasteiger partial charge is 0.447 e. The third kappa shape index (κ3) is 7.72. The normalized spacial score (nSPS) is 12.4. The second-order valence-electron chi connectivity index (χ2n) is 8.17. The molecule has 1 unspecified atom stereocenters. The van der Waals surface area contributed by atoms with Crippen LogP contribution < -0.4 is 10.4 Å². The van der Waals surface area contributed by atoms with Crippen LogP contribution in [-0.4, -0.2) is 35.5 Å². The van der Waals surface area contributed by atoms with Crippen LogP contribution in [0.25, 0.3) is 0 Å². The molecular formula is C25H31N3O6S. The number of hydrogen-bond acceptors (Lipinski definition) is 7. The summed E-state index contributed by atoms with van der Waals surface area (Å²) < 4.78 is 36.5. The first kappa shape index (κ1) is 26.6. The van der Waals surface area contributed by atoms with Gasteiger partial charge in [0.05, 0.1) is 23.7 Å². The molecule has 0 saturated carbocycles. The van der Waals surface area contributed by atoms with Gasteiger partial charge in [0.15, 0.2) is 0 Å². The minimum absolute atomic E-state index is 0.268. The minimum atomic E-state index is -4.38. The quantitative estimate of drug-likeness (QED) is 0.179. The molecule has 9 nitrogen and oxygen atoms in total. The minimum Gasteiger partial charge on any atom is -0.447 e. The van der Waals surface area contributed by atoms with E-state index >= 15 is 0 Å². The van der Waals surface area contributed by atoms with Gasteiger partial charge in [-0.25, -0.2) is 10.4 Å². The molecule has 35 heavy (non-hydrogen) atoms. The van der Waals surface area contributed by atoms with E-state index in [1.807, 2.05) is 6.07 Å². The maximum absolute atomic E-state index is 13.2. The topological polar surface area (TPSA) is 133 Å². The first-order valence-corrected chi connectivity index (χ1v) is 13.1. The number of aliphatic hydroxyl groups is 1. The number of aliphatic hydroxyl groups excluding tert-OH is 1. The van der Waals surface area contributed by atoms with Crippen LogP contribution in [0.1, 0.15) is 66.9 Å². The summed E-state index contributed by atoms with van der Waals surface area (Å²) in [5, 5.41) is 11.3. The number of carbonyl (C=O) groups excluding carboxylic acids is 1. The number of anilines is 1. The molecule has 0 aliphatic rings. The summed E-state index contributed by atoms with van der Waals surface area (Å²) in [6, 6.07) is 15.0. The van der Waals surface area contributed by atoms with Gasteiger partial charge in [0.25, 0.3) is 5.91 Å². The van der Waals surface area contributed by atoms with Crippen molar-refractivity contribution in [2.75, 3.05) is 11.6 Å². The van der Waals surface area contributed by atoms with Crippen molar-refractivity contribution in [1.82, 2.24) is 10.4 Å². The molecule has 0 saturated heterocycles. The Hall–Kier alpha value is -3.05. The van der Waals surface area contributed by atoms with Gasteiger partial charge in [-0.3, -0.25) is 14.3 Å². The molecular weight excluding hydrogens is 470 g/mol. The standard InChI is InChI=1S/C25H31N3O6S/c1-2-3-5-12-23(29)22-15-13-20(18-26-22)28(25(30)19-9-6-4-7-10-19)27-17-8-11-21-14-16-24(34-21)35(31,32)33/h4,6-7,9-10,13-16,18,23,27,29H,2-3,5,8,11-12,17H2,1H3,(H,31,32,33). The van der Waals surface area contributed by atoms with Gasteiger partial charge in [-0.2, -0.15) is 8.42 Å². The van der Waals surface area contributed by atoms with E-state index in [4.69, 9.17) is 8.97 Å². The van der Waals surface area contributed by atoms with E-state index in [-0.39, 0.29) is 5.91 Å². The molecule has 0 fully saturated rings. The van der Waals surface area contributed by atoms with E-state index in [2.05, 4.69) is 17.3 Å². The zero-order valence-corrected chi connectivity index (χ0v) is 20.4. The van der Waals surface area contributed by atoms with Crippen LogP contribution in [0.5, 0.6) is 0 Å². The van der Waals surface area contributed by atoms with Gasteiger partial charge < -0.3 is 9.52 Å². The van der Waals surface area contributed by atoms with Crippen molar-refractivity contribution in [3.05, 3.63) is 77.8 Å². The van der Waals surface area contributed by atoms with Gasteiger partial charge in [-0.15, -0.1) is 0 Å². The van der Waals surface area contributed by atoms with Crippen LogP contribution in [-0.2, 0) is 16.5 Å². The van der Waals surface area contributed by atoms with E-state index < -0.39 is 21.3 Å². The number of benzene rings is 1. The van der Waals surface area contributed by atoms with Crippen molar-refractivity contribution in [1.29, 1.82) is 0 Å². The van der Waals surface area contributed by atoms with Gasteiger partial charge in [-0.05, 0) is 49.2 Å². The van der Waals surface area contributed by atoms with Crippen molar-refractivity contribution in [3.8, 4) is 0 Å². The summed E-state index contributed by atoms with van der Waals surface area (Å²) in [4.78, 5) is 17.6. The average Bonchev–Trinajstić information content (AvgIpc) is 3.34. The second kappa shape index (κ2) is 12.6. The van der Waals surface area contributed by atoms with Crippen LogP contribution in [0.4, 0.5) is 5.69 Å². The molecule has 0 bridgehead atoms. The molecule has 0 radical (unpaired) electrons. The van der Waals surface area contributed by atoms with E-state index in [0.29, 0.717) is 48.5 Å². The zero-order chi connectivity index (χ0) is 25.3. The molecule has 3 rings (SSSR count). The van der Waals surface area contributed by atoms with Gasteiger partial charge >= 0.3 is 10.1 Å². The lowest BCUT2D eigenvalue weighted by atomic mass is 10.1. The van der Waals surface area contributed by atoms with Crippen molar-refractivity contribution in [2.45, 2.75) is 56.6 Å². The predicted octanol–water partition coefficient (Wildman–Crippen LogP) is 4.32. The van der Waals surface area contributed by atoms with Crippen LogP contribution in [0.3, 0.4) is 0 Å². The molecule has 10 heteroatoms. The number of nitrogens with one attached hydrogen (secondary N) is 1. The maximum atomic E-state index is 13.2.